The van der Waals surface area contributed by atoms with Gasteiger partial charge in [0.1, 0.15) is 0 Å². The summed E-state index contributed by atoms with van der Waals surface area (Å²) in [7, 11) is 0. The third-order valence-electron chi connectivity index (χ3n) is 3.18. The van der Waals surface area contributed by atoms with E-state index < -0.39 is 0 Å². The molecule has 1 heterocycles. The number of hydrogen-bond acceptors (Lipinski definition) is 2. The fourth-order valence-electron chi connectivity index (χ4n) is 1.99. The van der Waals surface area contributed by atoms with Crippen LogP contribution in [-0.2, 0) is 4.74 Å². The Balaban J connectivity index is 2.00. The van der Waals surface area contributed by atoms with Crippen LogP contribution in [0.2, 0.25) is 0 Å². The fraction of sp³-hybridized carbons (Fsp3) is 0.857. The first-order valence-corrected chi connectivity index (χ1v) is 6.83. The van der Waals surface area contributed by atoms with Crippen LogP contribution in [0.25, 0.3) is 0 Å². The second kappa shape index (κ2) is 8.77. The number of hydrogen-bond donors (Lipinski definition) is 1. The number of ether oxygens (including phenoxy) is 1. The van der Waals surface area contributed by atoms with Crippen LogP contribution in [0, 0.1) is 0 Å². The first kappa shape index (κ1) is 13.7. The Labute approximate surface area is 100 Å². The normalized spacial score (nSPS) is 18.2. The number of unbranched alkanes of at least 4 members (excludes halogenated alkanes) is 3. The zero-order valence-corrected chi connectivity index (χ0v) is 10.9. The average Bonchev–Trinajstić information content (AvgIpc) is 2.33. The molecule has 0 saturated carbocycles. The summed E-state index contributed by atoms with van der Waals surface area (Å²) in [5.41, 5.74) is 1.47. The van der Waals surface area contributed by atoms with Crippen molar-refractivity contribution in [2.24, 2.45) is 0 Å². The van der Waals surface area contributed by atoms with Crippen molar-refractivity contribution in [2.45, 2.75) is 58.5 Å². The molecular formula is C14H27NO. The molecule has 0 spiro atoms. The third-order valence-corrected chi connectivity index (χ3v) is 3.18. The van der Waals surface area contributed by atoms with Crippen LogP contribution < -0.4 is 5.32 Å². The Morgan fingerprint density at radius 3 is 2.94 bits per heavy atom. The Hall–Kier alpha value is -0.340. The molecule has 0 bridgehead atoms. The van der Waals surface area contributed by atoms with Gasteiger partial charge in [-0.2, -0.15) is 0 Å². The maximum Gasteiger partial charge on any atom is 0.0681 e. The highest BCUT2D eigenvalue weighted by Gasteiger charge is 2.06. The molecule has 0 fully saturated rings. The summed E-state index contributed by atoms with van der Waals surface area (Å²) < 4.78 is 5.87. The second-order valence-corrected chi connectivity index (χ2v) is 4.79. The monoisotopic (exact) mass is 225 g/mol. The molecule has 0 aromatic carbocycles. The predicted octanol–water partition coefficient (Wildman–Crippen LogP) is 3.28. The fourth-order valence-corrected chi connectivity index (χ4v) is 1.99. The van der Waals surface area contributed by atoms with Gasteiger partial charge in [-0.05, 0) is 31.9 Å². The van der Waals surface area contributed by atoms with Crippen LogP contribution in [0.5, 0.6) is 0 Å². The lowest BCUT2D eigenvalue weighted by Crippen LogP contribution is -2.23. The van der Waals surface area contributed by atoms with Crippen molar-refractivity contribution in [2.75, 3.05) is 19.7 Å². The van der Waals surface area contributed by atoms with Crippen LogP contribution in [0.3, 0.4) is 0 Å². The Bertz CT molecular complexity index is 201. The molecule has 2 heteroatoms. The van der Waals surface area contributed by atoms with Gasteiger partial charge in [0.2, 0.25) is 0 Å². The highest BCUT2D eigenvalue weighted by atomic mass is 16.5. The summed E-state index contributed by atoms with van der Waals surface area (Å²) in [5, 5.41) is 3.32. The minimum Gasteiger partial charge on any atom is -0.374 e. The standard InChI is InChI=1S/C14H27NO/c1-3-4-5-6-7-13(2)16-12-14-8-10-15-11-9-14/h8,13,15H,3-7,9-12H2,1-2H3. The van der Waals surface area contributed by atoms with E-state index in [4.69, 9.17) is 4.74 Å². The highest BCUT2D eigenvalue weighted by Crippen LogP contribution is 2.11. The largest absolute Gasteiger partial charge is 0.374 e. The van der Waals surface area contributed by atoms with Crippen molar-refractivity contribution in [3.63, 3.8) is 0 Å². The summed E-state index contributed by atoms with van der Waals surface area (Å²) in [4.78, 5) is 0. The lowest BCUT2D eigenvalue weighted by atomic mass is 10.1. The number of rotatable bonds is 8. The van der Waals surface area contributed by atoms with Gasteiger partial charge < -0.3 is 10.1 Å². The first-order chi connectivity index (χ1) is 7.83. The van der Waals surface area contributed by atoms with E-state index in [-0.39, 0.29) is 0 Å². The quantitative estimate of drug-likeness (QED) is 0.505. The van der Waals surface area contributed by atoms with Crippen LogP contribution in [0.1, 0.15) is 52.4 Å². The van der Waals surface area contributed by atoms with Gasteiger partial charge in [0, 0.05) is 6.54 Å². The molecule has 1 aliphatic rings. The minimum absolute atomic E-state index is 0.424. The molecule has 1 rings (SSSR count). The van der Waals surface area contributed by atoms with Gasteiger partial charge in [-0.25, -0.2) is 0 Å². The predicted molar refractivity (Wildman–Crippen MR) is 69.7 cm³/mol. The topological polar surface area (TPSA) is 21.3 Å². The van der Waals surface area contributed by atoms with E-state index in [2.05, 4.69) is 25.2 Å². The van der Waals surface area contributed by atoms with Crippen molar-refractivity contribution >= 4 is 0 Å². The van der Waals surface area contributed by atoms with E-state index in [0.717, 1.165) is 26.1 Å². The van der Waals surface area contributed by atoms with Gasteiger partial charge in [-0.3, -0.25) is 0 Å². The summed E-state index contributed by atoms with van der Waals surface area (Å²) >= 11 is 0. The molecule has 0 aromatic heterocycles. The summed E-state index contributed by atoms with van der Waals surface area (Å²) in [6, 6.07) is 0. The van der Waals surface area contributed by atoms with Crippen LogP contribution in [-0.4, -0.2) is 25.8 Å². The lowest BCUT2D eigenvalue weighted by molar-refractivity contribution is 0.0733. The maximum absolute atomic E-state index is 5.87. The van der Waals surface area contributed by atoms with Gasteiger partial charge in [0.25, 0.3) is 0 Å². The molecule has 0 aliphatic carbocycles. The molecule has 0 radical (unpaired) electrons. The molecule has 1 unspecified atom stereocenters. The minimum atomic E-state index is 0.424. The Morgan fingerprint density at radius 1 is 1.38 bits per heavy atom. The van der Waals surface area contributed by atoms with E-state index in [1.54, 1.807) is 0 Å². The molecular weight excluding hydrogens is 198 g/mol. The molecule has 94 valence electrons. The van der Waals surface area contributed by atoms with Gasteiger partial charge in [-0.1, -0.05) is 38.7 Å². The molecule has 0 amide bonds. The van der Waals surface area contributed by atoms with E-state index in [1.807, 2.05) is 0 Å². The van der Waals surface area contributed by atoms with Crippen molar-refractivity contribution in [1.82, 2.24) is 5.32 Å². The van der Waals surface area contributed by atoms with Crippen LogP contribution in [0.4, 0.5) is 0 Å². The molecule has 0 saturated heterocycles. The molecule has 16 heavy (non-hydrogen) atoms. The number of nitrogens with one attached hydrogen (secondary N) is 1. The van der Waals surface area contributed by atoms with Gasteiger partial charge in [0.15, 0.2) is 0 Å². The van der Waals surface area contributed by atoms with Crippen molar-refractivity contribution in [3.8, 4) is 0 Å². The summed E-state index contributed by atoms with van der Waals surface area (Å²) in [6.07, 6.45) is 10.4. The summed E-state index contributed by atoms with van der Waals surface area (Å²) in [5.74, 6) is 0. The zero-order chi connectivity index (χ0) is 11.6. The maximum atomic E-state index is 5.87. The molecule has 0 aromatic rings. The van der Waals surface area contributed by atoms with Gasteiger partial charge in [0.05, 0.1) is 12.7 Å². The smallest absolute Gasteiger partial charge is 0.0681 e. The van der Waals surface area contributed by atoms with E-state index in [9.17, 15) is 0 Å². The average molecular weight is 225 g/mol. The van der Waals surface area contributed by atoms with E-state index >= 15 is 0 Å². The molecule has 2 nitrogen and oxygen atoms in total. The van der Waals surface area contributed by atoms with Crippen LogP contribution >= 0.6 is 0 Å². The molecule has 1 aliphatic heterocycles. The first-order valence-electron chi connectivity index (χ1n) is 6.83. The van der Waals surface area contributed by atoms with Crippen molar-refractivity contribution < 1.29 is 4.74 Å². The summed E-state index contributed by atoms with van der Waals surface area (Å²) in [6.45, 7) is 7.43. The van der Waals surface area contributed by atoms with Gasteiger partial charge >= 0.3 is 0 Å². The SMILES string of the molecule is CCCCCCC(C)OCC1=CCNCC1. The Kier molecular flexibility index (Phi) is 7.52. The lowest BCUT2D eigenvalue weighted by Gasteiger charge is -2.17. The van der Waals surface area contributed by atoms with E-state index in [1.165, 1.54) is 37.7 Å². The van der Waals surface area contributed by atoms with E-state index in [0.29, 0.717) is 6.10 Å². The highest BCUT2D eigenvalue weighted by molar-refractivity contribution is 5.07. The van der Waals surface area contributed by atoms with Crippen LogP contribution in [0.15, 0.2) is 11.6 Å². The molecule has 1 N–H and O–H groups in total. The van der Waals surface area contributed by atoms with Crippen molar-refractivity contribution in [3.05, 3.63) is 11.6 Å². The zero-order valence-electron chi connectivity index (χ0n) is 10.9. The second-order valence-electron chi connectivity index (χ2n) is 4.79. The Morgan fingerprint density at radius 2 is 2.25 bits per heavy atom. The van der Waals surface area contributed by atoms with Gasteiger partial charge in [-0.15, -0.1) is 0 Å². The molecule has 1 atom stereocenters. The third kappa shape index (κ3) is 6.29. The van der Waals surface area contributed by atoms with Crippen molar-refractivity contribution in [1.29, 1.82) is 0 Å².